The first-order valence-electron chi connectivity index (χ1n) is 6.98. The number of nitrogen functional groups attached to an aromatic ring is 1. The summed E-state index contributed by atoms with van der Waals surface area (Å²) in [5.74, 6) is 0.917. The quantitative estimate of drug-likeness (QED) is 0.494. The number of hydrogen-bond donors (Lipinski definition) is 2. The molecule has 3 N–H and O–H groups in total. The Morgan fingerprint density at radius 3 is 2.90 bits per heavy atom. The summed E-state index contributed by atoms with van der Waals surface area (Å²) in [4.78, 5) is 12.7. The van der Waals surface area contributed by atoms with E-state index in [1.165, 1.54) is 6.07 Å². The molecule has 3 atom stereocenters. The van der Waals surface area contributed by atoms with Crippen LogP contribution >= 0.6 is 0 Å². The molecule has 2 fully saturated rings. The van der Waals surface area contributed by atoms with Gasteiger partial charge in [0.25, 0.3) is 5.69 Å². The minimum Gasteiger partial charge on any atom is -0.398 e. The highest BCUT2D eigenvalue weighted by Gasteiger charge is 2.41. The Balaban J connectivity index is 1.72. The number of nitrogens with two attached hydrogens (primary N) is 1. The van der Waals surface area contributed by atoms with E-state index in [2.05, 4.69) is 4.90 Å². The second-order valence-corrected chi connectivity index (χ2v) is 5.90. The summed E-state index contributed by atoms with van der Waals surface area (Å²) in [6, 6.07) is 4.58. The summed E-state index contributed by atoms with van der Waals surface area (Å²) in [6.45, 7) is 2.42. The molecule has 0 radical (unpaired) electrons. The number of non-ortho nitro benzene ring substituents is 1. The Kier molecular flexibility index (Phi) is 3.35. The van der Waals surface area contributed by atoms with E-state index in [9.17, 15) is 15.2 Å². The largest absolute Gasteiger partial charge is 0.398 e. The van der Waals surface area contributed by atoms with Crippen molar-refractivity contribution in [2.75, 3.05) is 18.8 Å². The molecular weight excluding hydrogens is 258 g/mol. The number of nitro groups is 1. The maximum Gasteiger partial charge on any atom is 0.269 e. The van der Waals surface area contributed by atoms with Crippen LogP contribution in [0.15, 0.2) is 18.2 Å². The van der Waals surface area contributed by atoms with Crippen molar-refractivity contribution >= 4 is 11.4 Å². The van der Waals surface area contributed by atoms with Crippen LogP contribution in [0.25, 0.3) is 0 Å². The van der Waals surface area contributed by atoms with Crippen molar-refractivity contribution in [3.8, 4) is 0 Å². The van der Waals surface area contributed by atoms with Gasteiger partial charge in [-0.3, -0.25) is 15.0 Å². The summed E-state index contributed by atoms with van der Waals surface area (Å²) >= 11 is 0. The third kappa shape index (κ3) is 2.36. The standard InChI is InChI=1S/C14H19N3O3/c15-13-3-2-11(17(19)20)5-10(13)7-16-6-9-1-4-14(18)12(9)8-16/h2-3,5,9,12,14,18H,1,4,6-8,15H2. The van der Waals surface area contributed by atoms with E-state index in [-0.39, 0.29) is 11.8 Å². The summed E-state index contributed by atoms with van der Waals surface area (Å²) in [5, 5.41) is 20.7. The molecule has 1 saturated heterocycles. The third-order valence-electron chi connectivity index (χ3n) is 4.63. The Bertz CT molecular complexity index is 534. The SMILES string of the molecule is Nc1ccc([N+](=O)[O-])cc1CN1CC2CCC(O)C2C1. The van der Waals surface area contributed by atoms with E-state index < -0.39 is 4.92 Å². The van der Waals surface area contributed by atoms with E-state index >= 15 is 0 Å². The average molecular weight is 277 g/mol. The molecule has 108 valence electrons. The van der Waals surface area contributed by atoms with Gasteiger partial charge in [-0.1, -0.05) is 0 Å². The normalized spacial score (nSPS) is 29.6. The predicted molar refractivity (Wildman–Crippen MR) is 75.0 cm³/mol. The highest BCUT2D eigenvalue weighted by Crippen LogP contribution is 2.38. The molecule has 0 spiro atoms. The molecule has 1 aromatic rings. The lowest BCUT2D eigenvalue weighted by Gasteiger charge is -2.18. The summed E-state index contributed by atoms with van der Waals surface area (Å²) < 4.78 is 0. The van der Waals surface area contributed by atoms with Gasteiger partial charge in [0, 0.05) is 43.4 Å². The van der Waals surface area contributed by atoms with E-state index in [4.69, 9.17) is 5.73 Å². The first-order valence-corrected chi connectivity index (χ1v) is 6.98. The van der Waals surface area contributed by atoms with Crippen LogP contribution in [0.4, 0.5) is 11.4 Å². The van der Waals surface area contributed by atoms with Crippen molar-refractivity contribution in [2.45, 2.75) is 25.5 Å². The molecule has 1 aliphatic heterocycles. The molecule has 2 aliphatic rings. The van der Waals surface area contributed by atoms with Gasteiger partial charge >= 0.3 is 0 Å². The van der Waals surface area contributed by atoms with Gasteiger partial charge in [-0.2, -0.15) is 0 Å². The summed E-state index contributed by atoms with van der Waals surface area (Å²) in [7, 11) is 0. The Morgan fingerprint density at radius 1 is 1.40 bits per heavy atom. The molecule has 6 heteroatoms. The Hall–Kier alpha value is -1.66. The number of nitrogens with zero attached hydrogens (tertiary/aromatic N) is 2. The van der Waals surface area contributed by atoms with Gasteiger partial charge in [0.2, 0.25) is 0 Å². The monoisotopic (exact) mass is 277 g/mol. The van der Waals surface area contributed by atoms with Gasteiger partial charge in [0.05, 0.1) is 11.0 Å². The van der Waals surface area contributed by atoms with Crippen molar-refractivity contribution in [1.29, 1.82) is 0 Å². The van der Waals surface area contributed by atoms with Gasteiger partial charge < -0.3 is 10.8 Å². The molecule has 0 amide bonds. The molecule has 1 saturated carbocycles. The van der Waals surface area contributed by atoms with Crippen molar-refractivity contribution < 1.29 is 10.0 Å². The number of anilines is 1. The topological polar surface area (TPSA) is 92.6 Å². The van der Waals surface area contributed by atoms with Crippen molar-refractivity contribution in [3.05, 3.63) is 33.9 Å². The maximum atomic E-state index is 10.8. The molecule has 1 aromatic carbocycles. The number of nitro benzene ring substituents is 1. The molecule has 20 heavy (non-hydrogen) atoms. The number of rotatable bonds is 3. The molecule has 0 bridgehead atoms. The maximum absolute atomic E-state index is 10.8. The lowest BCUT2D eigenvalue weighted by Crippen LogP contribution is -2.24. The molecule has 1 heterocycles. The van der Waals surface area contributed by atoms with Gasteiger partial charge in [0.15, 0.2) is 0 Å². The van der Waals surface area contributed by atoms with Crippen molar-refractivity contribution in [3.63, 3.8) is 0 Å². The van der Waals surface area contributed by atoms with Gasteiger partial charge in [-0.05, 0) is 30.4 Å². The molecular formula is C14H19N3O3. The minimum absolute atomic E-state index is 0.0774. The smallest absolute Gasteiger partial charge is 0.269 e. The predicted octanol–water partition coefficient (Wildman–Crippen LogP) is 1.38. The zero-order valence-electron chi connectivity index (χ0n) is 11.2. The zero-order chi connectivity index (χ0) is 14.3. The number of aliphatic hydroxyl groups is 1. The number of hydrogen-bond acceptors (Lipinski definition) is 5. The van der Waals surface area contributed by atoms with Crippen LogP contribution in [0.2, 0.25) is 0 Å². The molecule has 3 rings (SSSR count). The van der Waals surface area contributed by atoms with Crippen LogP contribution in [0.1, 0.15) is 18.4 Å². The summed E-state index contributed by atoms with van der Waals surface area (Å²) in [5.41, 5.74) is 7.38. The van der Waals surface area contributed by atoms with Crippen LogP contribution in [0, 0.1) is 22.0 Å². The van der Waals surface area contributed by atoms with Crippen LogP contribution in [0.5, 0.6) is 0 Å². The highest BCUT2D eigenvalue weighted by molar-refractivity contribution is 5.52. The molecule has 1 aliphatic carbocycles. The minimum atomic E-state index is -0.397. The first-order chi connectivity index (χ1) is 9.54. The van der Waals surface area contributed by atoms with E-state index in [1.54, 1.807) is 12.1 Å². The summed E-state index contributed by atoms with van der Waals surface area (Å²) in [6.07, 6.45) is 1.79. The Labute approximate surface area is 117 Å². The van der Waals surface area contributed by atoms with Gasteiger partial charge in [0.1, 0.15) is 0 Å². The molecule has 6 nitrogen and oxygen atoms in total. The van der Waals surface area contributed by atoms with Crippen LogP contribution < -0.4 is 5.73 Å². The van der Waals surface area contributed by atoms with Crippen molar-refractivity contribution in [2.24, 2.45) is 11.8 Å². The lowest BCUT2D eigenvalue weighted by atomic mass is 10.00. The third-order valence-corrected chi connectivity index (χ3v) is 4.63. The fourth-order valence-electron chi connectivity index (χ4n) is 3.54. The van der Waals surface area contributed by atoms with Crippen LogP contribution in [-0.2, 0) is 6.54 Å². The van der Waals surface area contributed by atoms with Gasteiger partial charge in [-0.25, -0.2) is 0 Å². The first kappa shape index (κ1) is 13.3. The second kappa shape index (κ2) is 5.03. The van der Waals surface area contributed by atoms with E-state index in [0.717, 1.165) is 31.5 Å². The molecule has 3 unspecified atom stereocenters. The van der Waals surface area contributed by atoms with E-state index in [0.29, 0.717) is 24.1 Å². The highest BCUT2D eigenvalue weighted by atomic mass is 16.6. The van der Waals surface area contributed by atoms with Crippen LogP contribution in [0.3, 0.4) is 0 Å². The second-order valence-electron chi connectivity index (χ2n) is 5.90. The lowest BCUT2D eigenvalue weighted by molar-refractivity contribution is -0.384. The Morgan fingerprint density at radius 2 is 2.20 bits per heavy atom. The van der Waals surface area contributed by atoms with Crippen LogP contribution in [-0.4, -0.2) is 34.1 Å². The fourth-order valence-corrected chi connectivity index (χ4v) is 3.54. The van der Waals surface area contributed by atoms with E-state index in [1.807, 2.05) is 0 Å². The van der Waals surface area contributed by atoms with Gasteiger partial charge in [-0.15, -0.1) is 0 Å². The number of benzene rings is 1. The fraction of sp³-hybridized carbons (Fsp3) is 0.571. The zero-order valence-corrected chi connectivity index (χ0v) is 11.2. The number of fused-ring (bicyclic) bond motifs is 1. The number of likely N-dealkylation sites (tertiary alicyclic amines) is 1. The number of aliphatic hydroxyl groups excluding tert-OH is 1. The molecule has 0 aromatic heterocycles. The van der Waals surface area contributed by atoms with Crippen molar-refractivity contribution in [1.82, 2.24) is 4.90 Å². The average Bonchev–Trinajstić information content (AvgIpc) is 2.94.